The summed E-state index contributed by atoms with van der Waals surface area (Å²) in [5.74, 6) is 0. The van der Waals surface area contributed by atoms with Gasteiger partial charge in [0.2, 0.25) is 0 Å². The van der Waals surface area contributed by atoms with Gasteiger partial charge in [-0.05, 0) is 19.9 Å². The third-order valence-corrected chi connectivity index (χ3v) is 2.90. The van der Waals surface area contributed by atoms with Crippen molar-refractivity contribution in [1.82, 2.24) is 4.98 Å². The largest absolute Gasteiger partial charge is 0.375 e. The normalized spacial score (nSPS) is 10.4. The number of nitrogen functional groups attached to an aromatic ring is 1. The molecular formula is C11H12N2S. The summed E-state index contributed by atoms with van der Waals surface area (Å²) in [6, 6.07) is 8.31. The Bertz CT molecular complexity index is 460. The summed E-state index contributed by atoms with van der Waals surface area (Å²) in [5, 5.41) is 0.638. The number of anilines is 1. The third-order valence-electron chi connectivity index (χ3n) is 2.10. The predicted octanol–water partition coefficient (Wildman–Crippen LogP) is 3.01. The quantitative estimate of drug-likeness (QED) is 0.775. The second kappa shape index (κ2) is 3.42. The van der Waals surface area contributed by atoms with Gasteiger partial charge in [0.25, 0.3) is 0 Å². The SMILES string of the molecule is Cc1cccc(-c2nc(N)sc2C)c1. The van der Waals surface area contributed by atoms with Crippen LogP contribution in [0.15, 0.2) is 24.3 Å². The average Bonchev–Trinajstić information content (AvgIpc) is 2.45. The molecule has 72 valence electrons. The van der Waals surface area contributed by atoms with Crippen LogP contribution in [0.2, 0.25) is 0 Å². The Hall–Kier alpha value is -1.35. The summed E-state index contributed by atoms with van der Waals surface area (Å²) >= 11 is 1.54. The van der Waals surface area contributed by atoms with Crippen molar-refractivity contribution in [3.63, 3.8) is 0 Å². The standard InChI is InChI=1S/C11H12N2S/c1-7-4-3-5-9(6-7)10-8(2)14-11(12)13-10/h3-6H,1-2H3,(H2,12,13). The number of thiazole rings is 1. The Balaban J connectivity index is 2.54. The summed E-state index contributed by atoms with van der Waals surface area (Å²) < 4.78 is 0. The molecule has 2 rings (SSSR count). The van der Waals surface area contributed by atoms with Crippen molar-refractivity contribution in [2.24, 2.45) is 0 Å². The first kappa shape index (κ1) is 9.21. The zero-order chi connectivity index (χ0) is 10.1. The second-order valence-electron chi connectivity index (χ2n) is 3.33. The lowest BCUT2D eigenvalue weighted by Crippen LogP contribution is -1.84. The average molecular weight is 204 g/mol. The minimum absolute atomic E-state index is 0.638. The minimum atomic E-state index is 0.638. The number of nitrogens with zero attached hydrogens (tertiary/aromatic N) is 1. The minimum Gasteiger partial charge on any atom is -0.375 e. The van der Waals surface area contributed by atoms with E-state index in [9.17, 15) is 0 Å². The van der Waals surface area contributed by atoms with Gasteiger partial charge in [-0.2, -0.15) is 0 Å². The highest BCUT2D eigenvalue weighted by atomic mass is 32.1. The van der Waals surface area contributed by atoms with Gasteiger partial charge < -0.3 is 5.73 Å². The van der Waals surface area contributed by atoms with E-state index in [1.807, 2.05) is 13.0 Å². The molecule has 2 nitrogen and oxygen atoms in total. The summed E-state index contributed by atoms with van der Waals surface area (Å²) in [5.41, 5.74) is 9.07. The molecule has 2 N–H and O–H groups in total. The van der Waals surface area contributed by atoms with E-state index in [0.29, 0.717) is 5.13 Å². The van der Waals surface area contributed by atoms with Crippen molar-refractivity contribution in [2.75, 3.05) is 5.73 Å². The Morgan fingerprint density at radius 1 is 1.29 bits per heavy atom. The van der Waals surface area contributed by atoms with Crippen LogP contribution in [0.5, 0.6) is 0 Å². The molecule has 1 aromatic heterocycles. The van der Waals surface area contributed by atoms with Gasteiger partial charge in [0, 0.05) is 10.4 Å². The predicted molar refractivity (Wildman–Crippen MR) is 61.4 cm³/mol. The van der Waals surface area contributed by atoms with E-state index in [4.69, 9.17) is 5.73 Å². The number of benzene rings is 1. The van der Waals surface area contributed by atoms with Crippen molar-refractivity contribution in [2.45, 2.75) is 13.8 Å². The van der Waals surface area contributed by atoms with Gasteiger partial charge in [0.15, 0.2) is 5.13 Å². The Kier molecular flexibility index (Phi) is 2.25. The number of rotatable bonds is 1. The molecule has 0 saturated carbocycles. The molecule has 0 aliphatic rings. The highest BCUT2D eigenvalue weighted by Gasteiger charge is 2.07. The van der Waals surface area contributed by atoms with E-state index in [1.54, 1.807) is 0 Å². The molecule has 0 bridgehead atoms. The number of hydrogen-bond acceptors (Lipinski definition) is 3. The van der Waals surface area contributed by atoms with Gasteiger partial charge >= 0.3 is 0 Å². The van der Waals surface area contributed by atoms with Crippen LogP contribution in [0, 0.1) is 13.8 Å². The smallest absolute Gasteiger partial charge is 0.180 e. The van der Waals surface area contributed by atoms with E-state index in [1.165, 1.54) is 21.8 Å². The molecule has 1 aromatic carbocycles. The van der Waals surface area contributed by atoms with E-state index in [2.05, 4.69) is 30.1 Å². The van der Waals surface area contributed by atoms with Crippen molar-refractivity contribution in [1.29, 1.82) is 0 Å². The highest BCUT2D eigenvalue weighted by molar-refractivity contribution is 7.15. The number of aromatic nitrogens is 1. The first-order valence-corrected chi connectivity index (χ1v) is 5.28. The molecule has 0 radical (unpaired) electrons. The lowest BCUT2D eigenvalue weighted by molar-refractivity contribution is 1.36. The molecule has 0 saturated heterocycles. The summed E-state index contributed by atoms with van der Waals surface area (Å²) in [6.45, 7) is 4.13. The van der Waals surface area contributed by atoms with Crippen LogP contribution in [-0.2, 0) is 0 Å². The second-order valence-corrected chi connectivity index (χ2v) is 4.56. The van der Waals surface area contributed by atoms with Crippen LogP contribution in [-0.4, -0.2) is 4.98 Å². The van der Waals surface area contributed by atoms with Crippen LogP contribution in [0.25, 0.3) is 11.3 Å². The topological polar surface area (TPSA) is 38.9 Å². The van der Waals surface area contributed by atoms with E-state index in [-0.39, 0.29) is 0 Å². The summed E-state index contributed by atoms with van der Waals surface area (Å²) in [4.78, 5) is 5.49. The first-order valence-electron chi connectivity index (χ1n) is 4.47. The van der Waals surface area contributed by atoms with Crippen LogP contribution in [0.4, 0.5) is 5.13 Å². The van der Waals surface area contributed by atoms with Gasteiger partial charge in [-0.15, -0.1) is 11.3 Å². The fourth-order valence-electron chi connectivity index (χ4n) is 1.48. The van der Waals surface area contributed by atoms with Crippen molar-refractivity contribution < 1.29 is 0 Å². The van der Waals surface area contributed by atoms with E-state index in [0.717, 1.165) is 11.3 Å². The number of hydrogen-bond donors (Lipinski definition) is 1. The van der Waals surface area contributed by atoms with Crippen molar-refractivity contribution in [3.8, 4) is 11.3 Å². The summed E-state index contributed by atoms with van der Waals surface area (Å²) in [7, 11) is 0. The number of nitrogens with two attached hydrogens (primary N) is 1. The van der Waals surface area contributed by atoms with E-state index >= 15 is 0 Å². The maximum atomic E-state index is 5.66. The van der Waals surface area contributed by atoms with Crippen LogP contribution in [0.1, 0.15) is 10.4 Å². The van der Waals surface area contributed by atoms with Crippen LogP contribution < -0.4 is 5.73 Å². The molecule has 2 aromatic rings. The summed E-state index contributed by atoms with van der Waals surface area (Å²) in [6.07, 6.45) is 0. The maximum absolute atomic E-state index is 5.66. The number of aryl methyl sites for hydroxylation is 2. The Morgan fingerprint density at radius 2 is 2.07 bits per heavy atom. The third kappa shape index (κ3) is 1.63. The zero-order valence-corrected chi connectivity index (χ0v) is 9.06. The zero-order valence-electron chi connectivity index (χ0n) is 8.24. The van der Waals surface area contributed by atoms with Gasteiger partial charge in [-0.25, -0.2) is 4.98 Å². The lowest BCUT2D eigenvalue weighted by atomic mass is 10.1. The Morgan fingerprint density at radius 3 is 2.64 bits per heavy atom. The van der Waals surface area contributed by atoms with Gasteiger partial charge in [0.1, 0.15) is 0 Å². The molecule has 0 aliphatic carbocycles. The molecule has 0 spiro atoms. The van der Waals surface area contributed by atoms with Crippen molar-refractivity contribution in [3.05, 3.63) is 34.7 Å². The lowest BCUT2D eigenvalue weighted by Gasteiger charge is -1.99. The Labute approximate surface area is 87.4 Å². The van der Waals surface area contributed by atoms with Crippen LogP contribution in [0.3, 0.4) is 0 Å². The molecule has 0 amide bonds. The van der Waals surface area contributed by atoms with Crippen molar-refractivity contribution >= 4 is 16.5 Å². The van der Waals surface area contributed by atoms with Crippen LogP contribution >= 0.6 is 11.3 Å². The monoisotopic (exact) mass is 204 g/mol. The fraction of sp³-hybridized carbons (Fsp3) is 0.182. The molecule has 0 fully saturated rings. The molecule has 0 unspecified atom stereocenters. The van der Waals surface area contributed by atoms with Gasteiger partial charge in [-0.3, -0.25) is 0 Å². The molecule has 0 aliphatic heterocycles. The maximum Gasteiger partial charge on any atom is 0.180 e. The fourth-order valence-corrected chi connectivity index (χ4v) is 2.19. The highest BCUT2D eigenvalue weighted by Crippen LogP contribution is 2.28. The molecule has 14 heavy (non-hydrogen) atoms. The van der Waals surface area contributed by atoms with Gasteiger partial charge in [0.05, 0.1) is 5.69 Å². The molecule has 3 heteroatoms. The molecular weight excluding hydrogens is 192 g/mol. The van der Waals surface area contributed by atoms with E-state index < -0.39 is 0 Å². The molecule has 0 atom stereocenters. The molecule has 1 heterocycles. The first-order chi connectivity index (χ1) is 6.66. The van der Waals surface area contributed by atoms with Gasteiger partial charge in [-0.1, -0.05) is 23.8 Å².